The third-order valence-corrected chi connectivity index (χ3v) is 9.94. The highest BCUT2D eigenvalue weighted by atomic mass is 32.2. The lowest BCUT2D eigenvalue weighted by molar-refractivity contribution is 0.0644. The van der Waals surface area contributed by atoms with Gasteiger partial charge in [0.2, 0.25) is 10.0 Å². The predicted octanol–water partition coefficient (Wildman–Crippen LogP) is 4.44. The number of hydrogen-bond acceptors (Lipinski definition) is 8. The topological polar surface area (TPSA) is 149 Å². The van der Waals surface area contributed by atoms with Gasteiger partial charge in [-0.1, -0.05) is 38.1 Å². The number of carbonyl (C=O) groups is 1. The molecule has 0 saturated carbocycles. The molecule has 1 aliphatic heterocycles. The number of aliphatic hydroxyl groups excluding tert-OH is 1. The van der Waals surface area contributed by atoms with Crippen LogP contribution in [0.5, 0.6) is 0 Å². The highest BCUT2D eigenvalue weighted by Crippen LogP contribution is 2.25. The van der Waals surface area contributed by atoms with Crippen molar-refractivity contribution < 1.29 is 27.8 Å². The number of nitrogens with two attached hydrogens (primary N) is 1. The van der Waals surface area contributed by atoms with Crippen LogP contribution in [0, 0.1) is 5.92 Å². The minimum atomic E-state index is -3.96. The molecule has 0 bridgehead atoms. The van der Waals surface area contributed by atoms with Crippen LogP contribution in [0.4, 0.5) is 10.5 Å². The Balaban J connectivity index is 1.36. The minimum absolute atomic E-state index is 0.0173. The number of rotatable bonds is 13. The van der Waals surface area contributed by atoms with Crippen molar-refractivity contribution in [2.24, 2.45) is 5.92 Å². The van der Waals surface area contributed by atoms with Crippen LogP contribution in [0.15, 0.2) is 78.0 Å². The summed E-state index contributed by atoms with van der Waals surface area (Å²) in [5.41, 5.74) is 9.97. The van der Waals surface area contributed by atoms with Crippen molar-refractivity contribution in [2.45, 2.75) is 63.3 Å². The maximum atomic E-state index is 13.7. The quantitative estimate of drug-likeness (QED) is 0.180. The van der Waals surface area contributed by atoms with Crippen molar-refractivity contribution >= 4 is 32.8 Å². The van der Waals surface area contributed by atoms with Gasteiger partial charge in [-0.25, -0.2) is 18.2 Å². The molecule has 0 spiro atoms. The van der Waals surface area contributed by atoms with Gasteiger partial charge in [0.05, 0.1) is 30.3 Å². The number of benzene rings is 2. The molecule has 1 saturated heterocycles. The molecule has 5 rings (SSSR count). The van der Waals surface area contributed by atoms with Crippen LogP contribution in [-0.2, 0) is 32.5 Å². The molecule has 2 aromatic heterocycles. The van der Waals surface area contributed by atoms with E-state index in [-0.39, 0.29) is 36.4 Å². The van der Waals surface area contributed by atoms with Gasteiger partial charge in [-0.2, -0.15) is 4.31 Å². The third kappa shape index (κ3) is 8.05. The Kier molecular flexibility index (Phi) is 10.6. The molecule has 1 aliphatic rings. The monoisotopic (exact) mass is 649 g/mol. The van der Waals surface area contributed by atoms with Gasteiger partial charge in [-0.05, 0) is 66.8 Å². The lowest BCUT2D eigenvalue weighted by Gasteiger charge is -2.30. The fraction of sp³-hybridized carbons (Fsp3) is 0.412. The van der Waals surface area contributed by atoms with Crippen molar-refractivity contribution in [3.05, 3.63) is 78.6 Å². The molecule has 4 N–H and O–H groups in total. The van der Waals surface area contributed by atoms with E-state index in [4.69, 9.17) is 15.2 Å². The Hall–Kier alpha value is -3.97. The molecule has 3 atom stereocenters. The van der Waals surface area contributed by atoms with Crippen molar-refractivity contribution in [1.29, 1.82) is 0 Å². The number of aromatic nitrogens is 2. The Bertz CT molecular complexity index is 1720. The number of nitrogens with one attached hydrogen (secondary N) is 1. The number of fused-ring (bicyclic) bond motifs is 1. The lowest BCUT2D eigenvalue weighted by atomic mass is 9.98. The average molecular weight is 650 g/mol. The number of ether oxygens (including phenoxy) is 2. The molecule has 246 valence electrons. The number of alkyl carbamates (subject to hydrolysis) is 1. The van der Waals surface area contributed by atoms with E-state index in [2.05, 4.69) is 27.9 Å². The van der Waals surface area contributed by atoms with Gasteiger partial charge in [-0.3, -0.25) is 0 Å². The highest BCUT2D eigenvalue weighted by molar-refractivity contribution is 7.89. The van der Waals surface area contributed by atoms with Gasteiger partial charge in [0.1, 0.15) is 11.8 Å². The summed E-state index contributed by atoms with van der Waals surface area (Å²) >= 11 is 0. The van der Waals surface area contributed by atoms with Crippen LogP contribution in [0.1, 0.15) is 32.8 Å². The second kappa shape index (κ2) is 14.6. The number of amides is 1. The summed E-state index contributed by atoms with van der Waals surface area (Å²) in [5, 5.41) is 15.4. The lowest BCUT2D eigenvalue weighted by Crippen LogP contribution is -2.51. The average Bonchev–Trinajstić information content (AvgIpc) is 3.70. The van der Waals surface area contributed by atoms with Gasteiger partial charge in [0.25, 0.3) is 0 Å². The number of aryl methyl sites for hydroxylation is 1. The van der Waals surface area contributed by atoms with E-state index in [0.717, 1.165) is 34.3 Å². The second-order valence-corrected chi connectivity index (χ2v) is 14.1. The van der Waals surface area contributed by atoms with Crippen LogP contribution in [0.2, 0.25) is 0 Å². The summed E-state index contributed by atoms with van der Waals surface area (Å²) in [6.07, 6.45) is 2.40. The van der Waals surface area contributed by atoms with E-state index in [0.29, 0.717) is 25.3 Å². The van der Waals surface area contributed by atoms with Gasteiger partial charge in [-0.15, -0.1) is 0 Å². The molecule has 4 aromatic rings. The van der Waals surface area contributed by atoms with E-state index in [9.17, 15) is 18.3 Å². The summed E-state index contributed by atoms with van der Waals surface area (Å²) in [7, 11) is -3.96. The summed E-state index contributed by atoms with van der Waals surface area (Å²) in [6.45, 7) is 7.50. The standard InChI is InChI=1S/C34H43N5O6S/c1-4-38-15-13-26-18-27(19-36-33(26)38)25-7-5-24(6-8-25)17-31(37-34(41)45-29-14-16-44-22-29)32(40)21-39(20-23(2)3)46(42,43)30-11-9-28(35)10-12-30/h5-13,15,18-19,23,29,31-32,40H,4,14,16-17,20-22,35H2,1-3H3,(H,37,41)/t29-,31-,32+/m0/s1. The molecule has 1 fully saturated rings. The molecule has 2 aromatic carbocycles. The van der Waals surface area contributed by atoms with Crippen LogP contribution >= 0.6 is 0 Å². The Morgan fingerprint density at radius 2 is 1.87 bits per heavy atom. The SMILES string of the molecule is CCn1ccc2cc(-c3ccc(C[C@H](NC(=O)O[C@H]4CCOC4)[C@H](O)CN(CC(C)C)S(=O)(=O)c4ccc(N)cc4)cc3)cnc21. The Morgan fingerprint density at radius 1 is 1.13 bits per heavy atom. The number of hydrogen-bond donors (Lipinski definition) is 3. The molecular weight excluding hydrogens is 606 g/mol. The maximum Gasteiger partial charge on any atom is 0.407 e. The molecule has 1 amide bonds. The largest absolute Gasteiger partial charge is 0.444 e. The molecule has 12 heteroatoms. The van der Waals surface area contributed by atoms with E-state index in [1.807, 2.05) is 56.6 Å². The normalized spacial score (nSPS) is 16.6. The Morgan fingerprint density at radius 3 is 2.52 bits per heavy atom. The molecule has 11 nitrogen and oxygen atoms in total. The number of anilines is 1. The van der Waals surface area contributed by atoms with Crippen molar-refractivity contribution in [1.82, 2.24) is 19.2 Å². The van der Waals surface area contributed by atoms with Crippen LogP contribution in [0.25, 0.3) is 22.2 Å². The number of carbonyl (C=O) groups excluding carboxylic acids is 1. The first-order valence-electron chi connectivity index (χ1n) is 15.7. The van der Waals surface area contributed by atoms with Gasteiger partial charge < -0.3 is 30.2 Å². The summed E-state index contributed by atoms with van der Waals surface area (Å²) in [6, 6.07) is 17.1. The first kappa shape index (κ1) is 33.4. The zero-order valence-corrected chi connectivity index (χ0v) is 27.3. The molecule has 3 heterocycles. The van der Waals surface area contributed by atoms with E-state index in [1.54, 1.807) is 0 Å². The summed E-state index contributed by atoms with van der Waals surface area (Å²) < 4.78 is 41.5. The van der Waals surface area contributed by atoms with Gasteiger partial charge in [0, 0.05) is 55.1 Å². The van der Waals surface area contributed by atoms with E-state index >= 15 is 0 Å². The van der Waals surface area contributed by atoms with Crippen molar-refractivity contribution in [2.75, 3.05) is 32.0 Å². The first-order chi connectivity index (χ1) is 22.0. The van der Waals surface area contributed by atoms with Gasteiger partial charge >= 0.3 is 6.09 Å². The molecule has 0 radical (unpaired) electrons. The summed E-state index contributed by atoms with van der Waals surface area (Å²) in [5.74, 6) is -0.0173. The van der Waals surface area contributed by atoms with E-state index < -0.39 is 28.3 Å². The van der Waals surface area contributed by atoms with Crippen LogP contribution in [-0.4, -0.2) is 78.0 Å². The fourth-order valence-corrected chi connectivity index (χ4v) is 7.23. The molecule has 0 aliphatic carbocycles. The van der Waals surface area contributed by atoms with Crippen LogP contribution < -0.4 is 11.1 Å². The van der Waals surface area contributed by atoms with Crippen LogP contribution in [0.3, 0.4) is 0 Å². The zero-order valence-electron chi connectivity index (χ0n) is 26.5. The third-order valence-electron chi connectivity index (χ3n) is 8.09. The smallest absolute Gasteiger partial charge is 0.407 e. The minimum Gasteiger partial charge on any atom is -0.444 e. The zero-order chi connectivity index (χ0) is 32.8. The highest BCUT2D eigenvalue weighted by Gasteiger charge is 2.32. The van der Waals surface area contributed by atoms with E-state index in [1.165, 1.54) is 28.6 Å². The number of nitrogen functional groups attached to an aromatic ring is 1. The van der Waals surface area contributed by atoms with Crippen molar-refractivity contribution in [3.63, 3.8) is 0 Å². The molecule has 0 unspecified atom stereocenters. The molecule has 46 heavy (non-hydrogen) atoms. The number of pyridine rings is 1. The van der Waals surface area contributed by atoms with Crippen molar-refractivity contribution in [3.8, 4) is 11.1 Å². The summed E-state index contributed by atoms with van der Waals surface area (Å²) in [4.78, 5) is 17.7. The first-order valence-corrected chi connectivity index (χ1v) is 17.1. The number of nitrogens with zero attached hydrogens (tertiary/aromatic N) is 3. The van der Waals surface area contributed by atoms with Gasteiger partial charge in [0.15, 0.2) is 0 Å². The number of aliphatic hydroxyl groups is 1. The molecular formula is C34H43N5O6S. The fourth-order valence-electron chi connectivity index (χ4n) is 5.61. The number of sulfonamides is 1. The Labute approximate surface area is 270 Å². The second-order valence-electron chi connectivity index (χ2n) is 12.1. The maximum absolute atomic E-state index is 13.7. The predicted molar refractivity (Wildman–Crippen MR) is 178 cm³/mol.